The maximum Gasteiger partial charge on any atom is 0.255 e. The fourth-order valence-electron chi connectivity index (χ4n) is 0.133. The van der Waals surface area contributed by atoms with Gasteiger partial charge in [-0.2, -0.15) is 0 Å². The lowest BCUT2D eigenvalue weighted by Crippen LogP contribution is -1.71. The Hall–Kier alpha value is -0.430. The first-order valence-corrected chi connectivity index (χ1v) is 3.75. The van der Waals surface area contributed by atoms with Crippen molar-refractivity contribution in [2.75, 3.05) is 6.66 Å². The molecule has 1 atom stereocenters. The van der Waals surface area contributed by atoms with Crippen molar-refractivity contribution in [3.05, 3.63) is 0 Å². The molecule has 0 saturated heterocycles. The molecule has 0 aromatic heterocycles. The molecule has 0 aromatic carbocycles. The molecular formula is C3H9N3P+. The van der Waals surface area contributed by atoms with E-state index in [0.29, 0.717) is 0 Å². The minimum atomic E-state index is -0.370. The fraction of sp³-hybridized carbons (Fsp3) is 0.667. The summed E-state index contributed by atoms with van der Waals surface area (Å²) in [6.07, 6.45) is 0. The Balaban J connectivity index is 3.58. The summed E-state index contributed by atoms with van der Waals surface area (Å²) in [5.74, 6) is 6.74. The van der Waals surface area contributed by atoms with Gasteiger partial charge in [-0.15, -0.1) is 0 Å². The number of rotatable bonds is 1. The molecule has 7 heavy (non-hydrogen) atoms. The molecule has 0 aromatic rings. The van der Waals surface area contributed by atoms with Crippen molar-refractivity contribution in [1.29, 1.82) is 0 Å². The molecule has 0 rings (SSSR count). The minimum Gasteiger partial charge on any atom is -0.302 e. The summed E-state index contributed by atoms with van der Waals surface area (Å²) in [4.78, 5) is 3.66. The maximum absolute atomic E-state index is 4.76. The van der Waals surface area contributed by atoms with Gasteiger partial charge >= 0.3 is 0 Å². The lowest BCUT2D eigenvalue weighted by Gasteiger charge is -1.64. The van der Waals surface area contributed by atoms with Crippen LogP contribution in [0.1, 0.15) is 6.92 Å². The molecule has 0 aliphatic carbocycles. The van der Waals surface area contributed by atoms with Gasteiger partial charge in [-0.25, -0.2) is 0 Å². The van der Waals surface area contributed by atoms with Gasteiger partial charge in [0.25, 0.3) is 7.70 Å². The van der Waals surface area contributed by atoms with Crippen molar-refractivity contribution in [3.8, 4) is 0 Å². The molecule has 0 aliphatic heterocycles. The van der Waals surface area contributed by atoms with E-state index in [-0.39, 0.29) is 7.70 Å². The molecule has 0 heterocycles. The van der Waals surface area contributed by atoms with E-state index in [2.05, 4.69) is 10.1 Å². The van der Waals surface area contributed by atoms with Gasteiger partial charge in [-0.3, -0.25) is 0 Å². The van der Waals surface area contributed by atoms with E-state index in [4.69, 9.17) is 5.84 Å². The molecule has 0 aliphatic rings. The van der Waals surface area contributed by atoms with Gasteiger partial charge in [-0.05, 0) is 12.1 Å². The first-order valence-electron chi connectivity index (χ1n) is 1.94. The van der Waals surface area contributed by atoms with Gasteiger partial charge in [0.15, 0.2) is 0 Å². The Labute approximate surface area is 44.0 Å². The molecule has 0 amide bonds. The quantitative estimate of drug-likeness (QED) is 0.239. The van der Waals surface area contributed by atoms with Crippen LogP contribution in [0.3, 0.4) is 0 Å². The monoisotopic (exact) mass is 118 g/mol. The molecule has 0 radical (unpaired) electrons. The standard InChI is InChI=1S/C3H9N3P/c1-3-7(2)6-5-4/h3H,1-2H3,(H2,4,6)/q+1. The molecule has 0 fully saturated rings. The number of hydrogen-bond donors (Lipinski definition) is 1. The molecular weight excluding hydrogens is 109 g/mol. The van der Waals surface area contributed by atoms with Crippen molar-refractivity contribution in [2.45, 2.75) is 6.92 Å². The number of nitrogens with two attached hydrogens (primary N) is 1. The molecule has 2 N–H and O–H groups in total. The van der Waals surface area contributed by atoms with E-state index in [1.165, 1.54) is 0 Å². The van der Waals surface area contributed by atoms with Gasteiger partial charge in [0.1, 0.15) is 12.5 Å². The topological polar surface area (TPSA) is 50.7 Å². The summed E-state index contributed by atoms with van der Waals surface area (Å²) in [5, 5.41) is 3.13. The number of hydrogen-bond acceptors (Lipinski definition) is 2. The fourth-order valence-corrected chi connectivity index (χ4v) is 0.399. The molecule has 0 saturated carbocycles. The maximum atomic E-state index is 4.76. The molecule has 40 valence electrons. The van der Waals surface area contributed by atoms with Crippen molar-refractivity contribution >= 4 is 13.5 Å². The lowest BCUT2D eigenvalue weighted by molar-refractivity contribution is 1.11. The van der Waals surface area contributed by atoms with Crippen LogP contribution in [0.15, 0.2) is 10.1 Å². The van der Waals surface area contributed by atoms with Crippen LogP contribution in [0.2, 0.25) is 0 Å². The highest BCUT2D eigenvalue weighted by atomic mass is 31.1. The van der Waals surface area contributed by atoms with Gasteiger partial charge in [-0.1, -0.05) is 0 Å². The first kappa shape index (κ1) is 6.57. The van der Waals surface area contributed by atoms with Crippen LogP contribution in [0.4, 0.5) is 0 Å². The van der Waals surface area contributed by atoms with Crippen molar-refractivity contribution in [3.63, 3.8) is 0 Å². The normalized spacial score (nSPS) is 13.1. The molecule has 0 spiro atoms. The Morgan fingerprint density at radius 3 is 2.43 bits per heavy atom. The average molecular weight is 118 g/mol. The molecule has 0 bridgehead atoms. The van der Waals surface area contributed by atoms with Crippen molar-refractivity contribution in [1.82, 2.24) is 0 Å². The highest BCUT2D eigenvalue weighted by Crippen LogP contribution is 2.15. The first-order chi connectivity index (χ1) is 3.31. The number of nitrogens with zero attached hydrogens (tertiary/aromatic N) is 2. The zero-order chi connectivity index (χ0) is 5.70. The van der Waals surface area contributed by atoms with Gasteiger partial charge in [0.2, 0.25) is 0 Å². The van der Waals surface area contributed by atoms with Crippen LogP contribution in [0.5, 0.6) is 0 Å². The van der Waals surface area contributed by atoms with Crippen molar-refractivity contribution in [2.24, 2.45) is 16.0 Å². The predicted octanol–water partition coefficient (Wildman–Crippen LogP) is 1.16. The van der Waals surface area contributed by atoms with E-state index >= 15 is 0 Å². The van der Waals surface area contributed by atoms with E-state index in [1.54, 1.807) is 0 Å². The highest BCUT2D eigenvalue weighted by molar-refractivity contribution is 7.54. The van der Waals surface area contributed by atoms with Crippen LogP contribution in [-0.2, 0) is 0 Å². The Morgan fingerprint density at radius 2 is 2.29 bits per heavy atom. The molecule has 1 unspecified atom stereocenters. The lowest BCUT2D eigenvalue weighted by atomic mass is 11.0. The second kappa shape index (κ2) is 3.75. The molecule has 4 heteroatoms. The van der Waals surface area contributed by atoms with Gasteiger partial charge in [0, 0.05) is 0 Å². The van der Waals surface area contributed by atoms with Gasteiger partial charge < -0.3 is 5.84 Å². The third-order valence-electron chi connectivity index (χ3n) is 0.566. The van der Waals surface area contributed by atoms with Crippen LogP contribution in [0.25, 0.3) is 0 Å². The minimum absolute atomic E-state index is 0.370. The summed E-state index contributed by atoms with van der Waals surface area (Å²) < 4.78 is 0. The summed E-state index contributed by atoms with van der Waals surface area (Å²) in [6.45, 7) is 3.92. The van der Waals surface area contributed by atoms with Crippen molar-refractivity contribution < 1.29 is 0 Å². The average Bonchev–Trinajstić information content (AvgIpc) is 1.68. The predicted molar refractivity (Wildman–Crippen MR) is 33.6 cm³/mol. The van der Waals surface area contributed by atoms with E-state index in [0.717, 1.165) is 0 Å². The van der Waals surface area contributed by atoms with E-state index < -0.39 is 0 Å². The second-order valence-corrected chi connectivity index (χ2v) is 2.88. The Morgan fingerprint density at radius 1 is 1.71 bits per heavy atom. The summed E-state index contributed by atoms with van der Waals surface area (Å²) in [7, 11) is -0.370. The van der Waals surface area contributed by atoms with Crippen LogP contribution >= 0.6 is 7.70 Å². The summed E-state index contributed by atoms with van der Waals surface area (Å²) in [5.41, 5.74) is 0. The van der Waals surface area contributed by atoms with Crippen LogP contribution in [0, 0.1) is 0 Å². The zero-order valence-corrected chi connectivity index (χ0v) is 5.39. The van der Waals surface area contributed by atoms with Crippen LogP contribution < -0.4 is 5.84 Å². The third-order valence-corrected chi connectivity index (χ3v) is 1.70. The summed E-state index contributed by atoms with van der Waals surface area (Å²) in [6, 6.07) is 0. The van der Waals surface area contributed by atoms with E-state index in [1.807, 2.05) is 19.4 Å². The second-order valence-electron chi connectivity index (χ2n) is 1.04. The SMILES string of the molecule is CC=[P+](C)N=NN. The van der Waals surface area contributed by atoms with Crippen LogP contribution in [-0.4, -0.2) is 12.5 Å². The Bertz CT molecular complexity index is 96.4. The third kappa shape index (κ3) is 3.40. The molecule has 3 nitrogen and oxygen atoms in total. The smallest absolute Gasteiger partial charge is 0.255 e. The van der Waals surface area contributed by atoms with E-state index in [9.17, 15) is 0 Å². The Kier molecular flexibility index (Phi) is 3.52. The largest absolute Gasteiger partial charge is 0.302 e. The zero-order valence-electron chi connectivity index (χ0n) is 4.50. The highest BCUT2D eigenvalue weighted by Gasteiger charge is 1.89. The van der Waals surface area contributed by atoms with Gasteiger partial charge in [0.05, 0.1) is 4.88 Å². The summed E-state index contributed by atoms with van der Waals surface area (Å²) >= 11 is 0.